The largest absolute Gasteiger partial charge is 0.494 e. The second kappa shape index (κ2) is 8.83. The molecule has 0 aromatic heterocycles. The van der Waals surface area contributed by atoms with Crippen LogP contribution >= 0.6 is 0 Å². The number of hydrogen-bond donors (Lipinski definition) is 1. The fourth-order valence-electron chi connectivity index (χ4n) is 1.63. The van der Waals surface area contributed by atoms with E-state index in [4.69, 9.17) is 21.0 Å². The lowest BCUT2D eigenvalue weighted by Crippen LogP contribution is -2.33. The molecular weight excluding hydrogens is 258 g/mol. The highest BCUT2D eigenvalue weighted by molar-refractivity contribution is 5.69. The summed E-state index contributed by atoms with van der Waals surface area (Å²) in [4.78, 5) is 12.3. The summed E-state index contributed by atoms with van der Waals surface area (Å²) in [6, 6.07) is 7.28. The van der Waals surface area contributed by atoms with Gasteiger partial charge in [0.05, 0.1) is 19.7 Å². The van der Waals surface area contributed by atoms with Gasteiger partial charge in [-0.15, -0.1) is 6.42 Å². The van der Waals surface area contributed by atoms with Crippen LogP contribution in [0.3, 0.4) is 0 Å². The summed E-state index contributed by atoms with van der Waals surface area (Å²) in [5.41, 5.74) is 0. The monoisotopic (exact) mass is 277 g/mol. The average Bonchev–Trinajstić information content (AvgIpc) is 2.40. The van der Waals surface area contributed by atoms with E-state index in [1.807, 2.05) is 31.2 Å². The zero-order valence-corrected chi connectivity index (χ0v) is 11.5. The summed E-state index contributed by atoms with van der Waals surface area (Å²) >= 11 is 0. The fourth-order valence-corrected chi connectivity index (χ4v) is 1.63. The van der Waals surface area contributed by atoms with Gasteiger partial charge < -0.3 is 14.6 Å². The average molecular weight is 277 g/mol. The third kappa shape index (κ3) is 6.12. The minimum atomic E-state index is -0.902. The van der Waals surface area contributed by atoms with Gasteiger partial charge in [-0.2, -0.15) is 0 Å². The highest BCUT2D eigenvalue weighted by Crippen LogP contribution is 2.17. The molecule has 0 atom stereocenters. The first-order chi connectivity index (χ1) is 9.65. The molecule has 0 saturated carbocycles. The van der Waals surface area contributed by atoms with Crippen LogP contribution in [0.25, 0.3) is 0 Å². The number of nitrogens with zero attached hydrogens (tertiary/aromatic N) is 1. The first kappa shape index (κ1) is 15.9. The van der Waals surface area contributed by atoms with Crippen LogP contribution in [0.15, 0.2) is 24.3 Å². The lowest BCUT2D eigenvalue weighted by molar-refractivity contribution is -0.138. The lowest BCUT2D eigenvalue weighted by atomic mass is 10.3. The van der Waals surface area contributed by atoms with Gasteiger partial charge in [0, 0.05) is 6.54 Å². The van der Waals surface area contributed by atoms with Crippen LogP contribution in [-0.4, -0.2) is 48.8 Å². The Morgan fingerprint density at radius 3 is 2.40 bits per heavy atom. The Morgan fingerprint density at radius 2 is 1.90 bits per heavy atom. The molecule has 1 aromatic carbocycles. The molecule has 1 aromatic rings. The van der Waals surface area contributed by atoms with Crippen molar-refractivity contribution in [3.8, 4) is 23.8 Å². The van der Waals surface area contributed by atoms with E-state index in [1.165, 1.54) is 0 Å². The van der Waals surface area contributed by atoms with E-state index in [-0.39, 0.29) is 6.54 Å². The van der Waals surface area contributed by atoms with E-state index < -0.39 is 5.97 Å². The van der Waals surface area contributed by atoms with Crippen LogP contribution in [0.5, 0.6) is 11.5 Å². The molecule has 1 N–H and O–H groups in total. The Kier molecular flexibility index (Phi) is 7.01. The second-order valence-electron chi connectivity index (χ2n) is 4.06. The lowest BCUT2D eigenvalue weighted by Gasteiger charge is -2.17. The quantitative estimate of drug-likeness (QED) is 0.693. The maximum Gasteiger partial charge on any atom is 0.317 e. The number of hydrogen-bond acceptors (Lipinski definition) is 4. The summed E-state index contributed by atoms with van der Waals surface area (Å²) in [6.07, 6.45) is 5.19. The van der Waals surface area contributed by atoms with Crippen molar-refractivity contribution in [2.75, 3.05) is 32.8 Å². The van der Waals surface area contributed by atoms with Crippen molar-refractivity contribution >= 4 is 5.97 Å². The molecule has 108 valence electrons. The van der Waals surface area contributed by atoms with Gasteiger partial charge in [0.2, 0.25) is 0 Å². The number of carboxylic acids is 1. The molecule has 1 rings (SSSR count). The SMILES string of the molecule is C#CCN(CCOc1ccc(OCC)cc1)CC(=O)O. The summed E-state index contributed by atoms with van der Waals surface area (Å²) in [6.45, 7) is 3.59. The molecule has 0 aliphatic rings. The summed E-state index contributed by atoms with van der Waals surface area (Å²) < 4.78 is 10.9. The highest BCUT2D eigenvalue weighted by atomic mass is 16.5. The second-order valence-corrected chi connectivity index (χ2v) is 4.06. The predicted molar refractivity (Wildman–Crippen MR) is 76.0 cm³/mol. The third-order valence-electron chi connectivity index (χ3n) is 2.48. The van der Waals surface area contributed by atoms with Gasteiger partial charge in [-0.25, -0.2) is 0 Å². The molecule has 0 aliphatic heterocycles. The van der Waals surface area contributed by atoms with Gasteiger partial charge in [-0.1, -0.05) is 5.92 Å². The summed E-state index contributed by atoms with van der Waals surface area (Å²) in [5.74, 6) is 3.04. The molecule has 0 fully saturated rings. The Hall–Kier alpha value is -2.19. The first-order valence-corrected chi connectivity index (χ1v) is 6.39. The van der Waals surface area contributed by atoms with Crippen LogP contribution < -0.4 is 9.47 Å². The molecule has 0 radical (unpaired) electrons. The number of benzene rings is 1. The molecule has 0 unspecified atom stereocenters. The minimum absolute atomic E-state index is 0.0865. The van der Waals surface area contributed by atoms with Gasteiger partial charge in [0.15, 0.2) is 0 Å². The molecule has 0 bridgehead atoms. The number of rotatable bonds is 9. The number of carboxylic acid groups (broad SMARTS) is 1. The van der Waals surface area contributed by atoms with Crippen LogP contribution in [0.4, 0.5) is 0 Å². The molecule has 20 heavy (non-hydrogen) atoms. The Bertz CT molecular complexity index is 450. The van der Waals surface area contributed by atoms with Crippen LogP contribution in [0, 0.1) is 12.3 Å². The summed E-state index contributed by atoms with van der Waals surface area (Å²) in [7, 11) is 0. The molecule has 0 saturated heterocycles. The molecule has 0 amide bonds. The van der Waals surface area contributed by atoms with Gasteiger partial charge in [0.25, 0.3) is 0 Å². The van der Waals surface area contributed by atoms with Crippen LogP contribution in [0.2, 0.25) is 0 Å². The number of carbonyl (C=O) groups is 1. The smallest absolute Gasteiger partial charge is 0.317 e. The topological polar surface area (TPSA) is 59.0 Å². The van der Waals surface area contributed by atoms with Crippen molar-refractivity contribution in [1.82, 2.24) is 4.90 Å². The van der Waals surface area contributed by atoms with E-state index in [0.717, 1.165) is 5.75 Å². The standard InChI is InChI=1S/C15H19NO4/c1-3-9-16(12-15(17)18)10-11-20-14-7-5-13(6-8-14)19-4-2/h1,5-8H,4,9-12H2,2H3,(H,17,18). The van der Waals surface area contributed by atoms with Crippen molar-refractivity contribution < 1.29 is 19.4 Å². The third-order valence-corrected chi connectivity index (χ3v) is 2.48. The van der Waals surface area contributed by atoms with E-state index in [0.29, 0.717) is 32.1 Å². The normalized spacial score (nSPS) is 10.1. The van der Waals surface area contributed by atoms with Gasteiger partial charge in [-0.3, -0.25) is 9.69 Å². The zero-order valence-electron chi connectivity index (χ0n) is 11.5. The zero-order chi connectivity index (χ0) is 14.8. The molecule has 0 aliphatic carbocycles. The van der Waals surface area contributed by atoms with Crippen molar-refractivity contribution in [3.05, 3.63) is 24.3 Å². The molecule has 0 spiro atoms. The highest BCUT2D eigenvalue weighted by Gasteiger charge is 2.08. The molecule has 0 heterocycles. The van der Waals surface area contributed by atoms with E-state index in [9.17, 15) is 4.79 Å². The Balaban J connectivity index is 2.38. The van der Waals surface area contributed by atoms with E-state index >= 15 is 0 Å². The molecular formula is C15H19NO4. The molecule has 5 heteroatoms. The van der Waals surface area contributed by atoms with E-state index in [2.05, 4.69) is 5.92 Å². The number of terminal acetylenes is 1. The maximum atomic E-state index is 10.7. The van der Waals surface area contributed by atoms with Gasteiger partial charge in [0.1, 0.15) is 18.1 Å². The van der Waals surface area contributed by atoms with Crippen molar-refractivity contribution in [1.29, 1.82) is 0 Å². The number of ether oxygens (including phenoxy) is 2. The predicted octanol–water partition coefficient (Wildman–Crippen LogP) is 1.48. The van der Waals surface area contributed by atoms with Crippen LogP contribution in [-0.2, 0) is 4.79 Å². The maximum absolute atomic E-state index is 10.7. The number of aliphatic carboxylic acids is 1. The van der Waals surface area contributed by atoms with Gasteiger partial charge in [-0.05, 0) is 31.2 Å². The van der Waals surface area contributed by atoms with Crippen molar-refractivity contribution in [2.45, 2.75) is 6.92 Å². The first-order valence-electron chi connectivity index (χ1n) is 6.39. The fraction of sp³-hybridized carbons (Fsp3) is 0.400. The Morgan fingerprint density at radius 1 is 1.30 bits per heavy atom. The van der Waals surface area contributed by atoms with Crippen LogP contribution in [0.1, 0.15) is 6.92 Å². The van der Waals surface area contributed by atoms with E-state index in [1.54, 1.807) is 4.90 Å². The van der Waals surface area contributed by atoms with Gasteiger partial charge >= 0.3 is 5.97 Å². The summed E-state index contributed by atoms with van der Waals surface area (Å²) in [5, 5.41) is 8.74. The molecule has 5 nitrogen and oxygen atoms in total. The van der Waals surface area contributed by atoms with Crippen molar-refractivity contribution in [2.24, 2.45) is 0 Å². The Labute approximate surface area is 119 Å². The minimum Gasteiger partial charge on any atom is -0.494 e. The van der Waals surface area contributed by atoms with Crippen molar-refractivity contribution in [3.63, 3.8) is 0 Å².